The molecule has 2 aromatic rings. The van der Waals surface area contributed by atoms with E-state index in [-0.39, 0.29) is 10.9 Å². The maximum Gasteiger partial charge on any atom is 0.250 e. The van der Waals surface area contributed by atoms with Crippen LogP contribution in [-0.2, 0) is 15.6 Å². The van der Waals surface area contributed by atoms with Gasteiger partial charge in [0, 0.05) is 12.1 Å². The van der Waals surface area contributed by atoms with Crippen LogP contribution >= 0.6 is 0 Å². The minimum atomic E-state index is -3.42. The summed E-state index contributed by atoms with van der Waals surface area (Å²) in [5, 5.41) is 3.95. The highest BCUT2D eigenvalue weighted by Crippen LogP contribution is 2.36. The van der Waals surface area contributed by atoms with E-state index in [0.717, 1.165) is 37.7 Å². The van der Waals surface area contributed by atoms with Crippen molar-refractivity contribution in [2.24, 2.45) is 5.73 Å². The highest BCUT2D eigenvalue weighted by atomic mass is 32.2. The van der Waals surface area contributed by atoms with Crippen molar-refractivity contribution in [3.05, 3.63) is 41.5 Å². The van der Waals surface area contributed by atoms with E-state index in [1.807, 2.05) is 0 Å². The van der Waals surface area contributed by atoms with E-state index < -0.39 is 15.6 Å². The molecule has 4 rings (SSSR count). The lowest BCUT2D eigenvalue weighted by molar-refractivity contribution is 0.229. The number of rotatable bonds is 6. The number of aromatic nitrogens is 2. The summed E-state index contributed by atoms with van der Waals surface area (Å²) in [6.45, 7) is 0. The molecule has 1 aromatic heterocycles. The molecule has 1 heterocycles. The highest BCUT2D eigenvalue weighted by molar-refractivity contribution is 7.89. The average Bonchev–Trinajstić information content (AvgIpc) is 3.23. The van der Waals surface area contributed by atoms with Crippen LogP contribution in [0.1, 0.15) is 49.4 Å². The van der Waals surface area contributed by atoms with Crippen molar-refractivity contribution in [3.63, 3.8) is 0 Å². The lowest BCUT2D eigenvalue weighted by Gasteiger charge is -2.34. The zero-order chi connectivity index (χ0) is 17.5. The summed E-state index contributed by atoms with van der Waals surface area (Å²) in [5.41, 5.74) is 6.57. The monoisotopic (exact) mass is 360 g/mol. The molecule has 8 heteroatoms. The Morgan fingerprint density at radius 2 is 1.92 bits per heavy atom. The molecule has 2 aliphatic rings. The quantitative estimate of drug-likeness (QED) is 0.815. The molecule has 0 atom stereocenters. The van der Waals surface area contributed by atoms with Gasteiger partial charge in [-0.1, -0.05) is 17.3 Å². The van der Waals surface area contributed by atoms with E-state index in [1.165, 1.54) is 0 Å². The smallest absolute Gasteiger partial charge is 0.250 e. The molecule has 0 spiro atoms. The molecule has 0 amide bonds. The normalized spacial score (nSPS) is 19.9. The summed E-state index contributed by atoms with van der Waals surface area (Å²) in [6.07, 6.45) is 8.16. The van der Waals surface area contributed by atoms with Gasteiger partial charge in [0.25, 0.3) is 5.89 Å². The summed E-state index contributed by atoms with van der Waals surface area (Å²) in [4.78, 5) is 4.59. The molecule has 132 valence electrons. The molecule has 0 aliphatic heterocycles. The summed E-state index contributed by atoms with van der Waals surface area (Å²) in [6, 6.07) is 6.76. The van der Waals surface area contributed by atoms with Crippen LogP contribution in [0.5, 0.6) is 0 Å². The Hall–Kier alpha value is -2.03. The third-order valence-corrected chi connectivity index (χ3v) is 6.18. The van der Waals surface area contributed by atoms with Gasteiger partial charge in [-0.3, -0.25) is 0 Å². The molecular weight excluding hydrogens is 340 g/mol. The van der Waals surface area contributed by atoms with Crippen molar-refractivity contribution in [3.8, 4) is 0 Å². The van der Waals surface area contributed by atoms with Crippen LogP contribution in [0.3, 0.4) is 0 Å². The van der Waals surface area contributed by atoms with Crippen molar-refractivity contribution in [2.75, 3.05) is 0 Å². The Kier molecular flexibility index (Phi) is 3.98. The van der Waals surface area contributed by atoms with Gasteiger partial charge < -0.3 is 10.3 Å². The van der Waals surface area contributed by atoms with Crippen molar-refractivity contribution in [1.82, 2.24) is 14.9 Å². The summed E-state index contributed by atoms with van der Waals surface area (Å²) in [7, 11) is -3.42. The number of nitrogens with one attached hydrogen (secondary N) is 1. The van der Waals surface area contributed by atoms with Crippen molar-refractivity contribution in [2.45, 2.75) is 48.6 Å². The number of nitrogens with two attached hydrogens (primary N) is 1. The lowest BCUT2D eigenvalue weighted by Crippen LogP contribution is -2.44. The number of hydrogen-bond donors (Lipinski definition) is 2. The summed E-state index contributed by atoms with van der Waals surface area (Å²) < 4.78 is 32.1. The average molecular weight is 360 g/mol. The SMILES string of the molecule is NC1(c2noc(/C=C/c3ccc(S(=O)(=O)NC4CC4)cc3)n2)CCC1. The third kappa shape index (κ3) is 3.51. The zero-order valence-corrected chi connectivity index (χ0v) is 14.5. The molecule has 3 N–H and O–H groups in total. The van der Waals surface area contributed by atoms with Crippen molar-refractivity contribution >= 4 is 22.2 Å². The zero-order valence-electron chi connectivity index (χ0n) is 13.7. The largest absolute Gasteiger partial charge is 0.335 e. The van der Waals surface area contributed by atoms with Gasteiger partial charge in [0.05, 0.1) is 10.4 Å². The van der Waals surface area contributed by atoms with E-state index in [9.17, 15) is 8.42 Å². The summed E-state index contributed by atoms with van der Waals surface area (Å²) in [5.74, 6) is 0.935. The molecule has 2 saturated carbocycles. The fourth-order valence-electron chi connectivity index (χ4n) is 2.70. The topological polar surface area (TPSA) is 111 Å². The fraction of sp³-hybridized carbons (Fsp3) is 0.412. The molecule has 2 fully saturated rings. The Bertz CT molecular complexity index is 894. The van der Waals surface area contributed by atoms with Gasteiger partial charge in [-0.15, -0.1) is 0 Å². The van der Waals surface area contributed by atoms with Crippen LogP contribution in [-0.4, -0.2) is 24.6 Å². The first-order chi connectivity index (χ1) is 11.9. The minimum Gasteiger partial charge on any atom is -0.335 e. The first kappa shape index (κ1) is 16.4. The van der Waals surface area contributed by atoms with Crippen LogP contribution in [0.4, 0.5) is 0 Å². The van der Waals surface area contributed by atoms with E-state index in [0.29, 0.717) is 11.7 Å². The van der Waals surface area contributed by atoms with E-state index >= 15 is 0 Å². The Balaban J connectivity index is 1.45. The molecule has 0 bridgehead atoms. The second-order valence-corrected chi connectivity index (χ2v) is 8.48. The maximum absolute atomic E-state index is 12.1. The summed E-state index contributed by atoms with van der Waals surface area (Å²) >= 11 is 0. The molecule has 7 nitrogen and oxygen atoms in total. The van der Waals surface area contributed by atoms with Crippen LogP contribution in [0, 0.1) is 0 Å². The van der Waals surface area contributed by atoms with Gasteiger partial charge in [0.15, 0.2) is 5.82 Å². The predicted octanol–water partition coefficient (Wildman–Crippen LogP) is 2.02. The van der Waals surface area contributed by atoms with Gasteiger partial charge >= 0.3 is 0 Å². The fourth-order valence-corrected chi connectivity index (χ4v) is 4.01. The molecular formula is C17H20N4O3S. The standard InChI is InChI=1S/C17H20N4O3S/c18-17(10-1-11-17)16-19-15(24-20-16)9-4-12-2-7-14(8-3-12)25(22,23)21-13-5-6-13/h2-4,7-9,13,21H,1,5-6,10-11,18H2/b9-4+. The third-order valence-electron chi connectivity index (χ3n) is 4.64. The van der Waals surface area contributed by atoms with Gasteiger partial charge in [-0.2, -0.15) is 4.98 Å². The molecule has 1 aromatic carbocycles. The predicted molar refractivity (Wildman–Crippen MR) is 92.7 cm³/mol. The first-order valence-corrected chi connectivity index (χ1v) is 9.87. The van der Waals surface area contributed by atoms with E-state index in [4.69, 9.17) is 10.3 Å². The Labute approximate surface area is 146 Å². The minimum absolute atomic E-state index is 0.0952. The Morgan fingerprint density at radius 3 is 2.52 bits per heavy atom. The van der Waals surface area contributed by atoms with Crippen molar-refractivity contribution in [1.29, 1.82) is 0 Å². The number of hydrogen-bond acceptors (Lipinski definition) is 6. The molecule has 0 unspecified atom stereocenters. The van der Waals surface area contributed by atoms with Gasteiger partial charge in [-0.25, -0.2) is 13.1 Å². The van der Waals surface area contributed by atoms with Crippen LogP contribution in [0.15, 0.2) is 33.7 Å². The van der Waals surface area contributed by atoms with Crippen LogP contribution in [0.2, 0.25) is 0 Å². The molecule has 2 aliphatic carbocycles. The Morgan fingerprint density at radius 1 is 1.20 bits per heavy atom. The number of benzene rings is 1. The van der Waals surface area contributed by atoms with Crippen molar-refractivity contribution < 1.29 is 12.9 Å². The maximum atomic E-state index is 12.1. The van der Waals surface area contributed by atoms with Crippen LogP contribution < -0.4 is 10.5 Å². The molecule has 25 heavy (non-hydrogen) atoms. The number of sulfonamides is 1. The van der Waals surface area contributed by atoms with Gasteiger partial charge in [-0.05, 0) is 55.9 Å². The first-order valence-electron chi connectivity index (χ1n) is 8.38. The van der Waals surface area contributed by atoms with E-state index in [1.54, 1.807) is 36.4 Å². The number of nitrogens with zero attached hydrogens (tertiary/aromatic N) is 2. The lowest BCUT2D eigenvalue weighted by atomic mass is 9.77. The second-order valence-electron chi connectivity index (χ2n) is 6.76. The van der Waals surface area contributed by atoms with Gasteiger partial charge in [0.1, 0.15) is 0 Å². The van der Waals surface area contributed by atoms with Crippen LogP contribution in [0.25, 0.3) is 12.2 Å². The van der Waals surface area contributed by atoms with Gasteiger partial charge in [0.2, 0.25) is 10.0 Å². The van der Waals surface area contributed by atoms with E-state index in [2.05, 4.69) is 14.9 Å². The molecule has 0 radical (unpaired) electrons. The second kappa shape index (κ2) is 6.05. The molecule has 0 saturated heterocycles. The highest BCUT2D eigenvalue weighted by Gasteiger charge is 2.38.